The lowest BCUT2D eigenvalue weighted by atomic mass is 10.0. The quantitative estimate of drug-likeness (QED) is 0.921. The number of carbonyl (C=O) groups is 1. The molecule has 2 rings (SSSR count). The molecule has 7 heteroatoms. The maximum atomic E-state index is 14.3. The zero-order chi connectivity index (χ0) is 14.8. The number of nitrogens with one attached hydrogen (secondary N) is 1. The van der Waals surface area contributed by atoms with E-state index in [0.29, 0.717) is 12.1 Å². The standard InChI is InChI=1S/C14H18F2N2O2.ClH/c1-18(13(19)14(16)5-6-17-9-14)8-10-3-4-12(20-2)11(15)7-10;/h3-4,7,17H,5-6,8-9H2,1-2H3;1H. The highest BCUT2D eigenvalue weighted by molar-refractivity contribution is 5.86. The van der Waals surface area contributed by atoms with E-state index in [4.69, 9.17) is 4.74 Å². The summed E-state index contributed by atoms with van der Waals surface area (Å²) in [5.41, 5.74) is -1.26. The van der Waals surface area contributed by atoms with Crippen molar-refractivity contribution in [2.75, 3.05) is 27.2 Å². The highest BCUT2D eigenvalue weighted by Gasteiger charge is 2.43. The molecule has 1 aromatic carbocycles. The molecule has 21 heavy (non-hydrogen) atoms. The molecule has 0 bridgehead atoms. The van der Waals surface area contributed by atoms with Crippen LogP contribution in [-0.4, -0.2) is 43.7 Å². The maximum absolute atomic E-state index is 14.3. The number of methoxy groups -OCH3 is 1. The van der Waals surface area contributed by atoms with Gasteiger partial charge in [0.1, 0.15) is 0 Å². The first kappa shape index (κ1) is 17.7. The summed E-state index contributed by atoms with van der Waals surface area (Å²) < 4.78 is 32.7. The van der Waals surface area contributed by atoms with Gasteiger partial charge in [0.2, 0.25) is 5.67 Å². The number of carbonyl (C=O) groups excluding carboxylic acids is 1. The van der Waals surface area contributed by atoms with Gasteiger partial charge in [-0.2, -0.15) is 0 Å². The second kappa shape index (κ2) is 7.04. The Hall–Kier alpha value is -1.40. The first-order valence-corrected chi connectivity index (χ1v) is 6.44. The van der Waals surface area contributed by atoms with Gasteiger partial charge in [-0.15, -0.1) is 12.4 Å². The molecule has 0 saturated carbocycles. The van der Waals surface area contributed by atoms with E-state index in [1.54, 1.807) is 6.07 Å². The van der Waals surface area contributed by atoms with Gasteiger partial charge in [0.05, 0.1) is 7.11 Å². The van der Waals surface area contributed by atoms with Crippen LogP contribution >= 0.6 is 12.4 Å². The molecule has 1 saturated heterocycles. The lowest BCUT2D eigenvalue weighted by molar-refractivity contribution is -0.142. The zero-order valence-corrected chi connectivity index (χ0v) is 12.8. The highest BCUT2D eigenvalue weighted by atomic mass is 35.5. The number of alkyl halides is 1. The van der Waals surface area contributed by atoms with Crippen LogP contribution in [0.2, 0.25) is 0 Å². The summed E-state index contributed by atoms with van der Waals surface area (Å²) in [7, 11) is 2.90. The minimum Gasteiger partial charge on any atom is -0.494 e. The number of amides is 1. The van der Waals surface area contributed by atoms with Crippen LogP contribution in [-0.2, 0) is 11.3 Å². The van der Waals surface area contributed by atoms with Gasteiger partial charge in [0.25, 0.3) is 5.91 Å². The SMILES string of the molecule is COc1ccc(CN(C)C(=O)C2(F)CCNC2)cc1F.Cl. The smallest absolute Gasteiger partial charge is 0.261 e. The lowest BCUT2D eigenvalue weighted by Gasteiger charge is -2.25. The fourth-order valence-electron chi connectivity index (χ4n) is 2.34. The van der Waals surface area contributed by atoms with Gasteiger partial charge in [0, 0.05) is 26.6 Å². The van der Waals surface area contributed by atoms with Gasteiger partial charge >= 0.3 is 0 Å². The van der Waals surface area contributed by atoms with Gasteiger partial charge < -0.3 is 15.0 Å². The third-order valence-electron chi connectivity index (χ3n) is 3.47. The molecular formula is C14H19ClF2N2O2. The summed E-state index contributed by atoms with van der Waals surface area (Å²) in [6, 6.07) is 4.44. The van der Waals surface area contributed by atoms with Crippen molar-refractivity contribution in [2.45, 2.75) is 18.6 Å². The predicted octanol–water partition coefficient (Wildman–Crippen LogP) is 1.92. The van der Waals surface area contributed by atoms with E-state index >= 15 is 0 Å². The lowest BCUT2D eigenvalue weighted by Crippen LogP contribution is -2.45. The largest absolute Gasteiger partial charge is 0.494 e. The van der Waals surface area contributed by atoms with Crippen molar-refractivity contribution in [3.05, 3.63) is 29.6 Å². The Morgan fingerprint density at radius 3 is 2.76 bits per heavy atom. The van der Waals surface area contributed by atoms with E-state index in [-0.39, 0.29) is 37.7 Å². The number of benzene rings is 1. The van der Waals surface area contributed by atoms with Gasteiger partial charge in [0.15, 0.2) is 11.6 Å². The number of nitrogens with zero attached hydrogens (tertiary/aromatic N) is 1. The van der Waals surface area contributed by atoms with Gasteiger partial charge in [-0.3, -0.25) is 4.79 Å². The van der Waals surface area contributed by atoms with Crippen molar-refractivity contribution in [1.82, 2.24) is 10.2 Å². The van der Waals surface area contributed by atoms with Crippen LogP contribution in [0.4, 0.5) is 8.78 Å². The van der Waals surface area contributed by atoms with Crippen molar-refractivity contribution in [1.29, 1.82) is 0 Å². The topological polar surface area (TPSA) is 41.6 Å². The molecule has 1 amide bonds. The molecule has 1 atom stereocenters. The molecule has 1 heterocycles. The van der Waals surface area contributed by atoms with E-state index in [9.17, 15) is 13.6 Å². The van der Waals surface area contributed by atoms with Gasteiger partial charge in [-0.1, -0.05) is 6.07 Å². The second-order valence-electron chi connectivity index (χ2n) is 5.02. The second-order valence-corrected chi connectivity index (χ2v) is 5.02. The normalized spacial score (nSPS) is 20.8. The average Bonchev–Trinajstić information content (AvgIpc) is 2.86. The Kier molecular flexibility index (Phi) is 5.92. The fourth-order valence-corrected chi connectivity index (χ4v) is 2.34. The molecule has 1 fully saturated rings. The predicted molar refractivity (Wildman–Crippen MR) is 78.0 cm³/mol. The first-order valence-electron chi connectivity index (χ1n) is 6.44. The highest BCUT2D eigenvalue weighted by Crippen LogP contribution is 2.24. The van der Waals surface area contributed by atoms with Crippen molar-refractivity contribution in [3.63, 3.8) is 0 Å². The maximum Gasteiger partial charge on any atom is 0.261 e. The van der Waals surface area contributed by atoms with E-state index in [0.717, 1.165) is 0 Å². The van der Waals surface area contributed by atoms with Crippen LogP contribution in [0.3, 0.4) is 0 Å². The molecule has 1 unspecified atom stereocenters. The molecule has 0 spiro atoms. The molecule has 0 aliphatic carbocycles. The van der Waals surface area contributed by atoms with E-state index in [1.807, 2.05) is 0 Å². The average molecular weight is 321 g/mol. The minimum atomic E-state index is -1.85. The Labute approximate surface area is 128 Å². The summed E-state index contributed by atoms with van der Waals surface area (Å²) in [5, 5.41) is 2.84. The van der Waals surface area contributed by atoms with Crippen LogP contribution in [0.15, 0.2) is 18.2 Å². The summed E-state index contributed by atoms with van der Waals surface area (Å²) in [5.74, 6) is -0.924. The Morgan fingerprint density at radius 2 is 2.24 bits per heavy atom. The third kappa shape index (κ3) is 3.83. The van der Waals surface area contributed by atoms with Crippen molar-refractivity contribution >= 4 is 18.3 Å². The molecule has 1 aliphatic rings. The summed E-state index contributed by atoms with van der Waals surface area (Å²) in [6.45, 7) is 0.686. The minimum absolute atomic E-state index is 0. The number of hydrogen-bond acceptors (Lipinski definition) is 3. The number of halogens is 3. The monoisotopic (exact) mass is 320 g/mol. The van der Waals surface area contributed by atoms with Crippen molar-refractivity contribution in [3.8, 4) is 5.75 Å². The van der Waals surface area contributed by atoms with Crippen LogP contribution in [0.5, 0.6) is 5.75 Å². The van der Waals surface area contributed by atoms with Crippen LogP contribution in [0, 0.1) is 5.82 Å². The summed E-state index contributed by atoms with van der Waals surface area (Å²) in [4.78, 5) is 13.4. The molecule has 0 aromatic heterocycles. The van der Waals surface area contributed by atoms with Gasteiger partial charge in [-0.05, 0) is 24.2 Å². The third-order valence-corrected chi connectivity index (χ3v) is 3.47. The Morgan fingerprint density at radius 1 is 1.52 bits per heavy atom. The summed E-state index contributed by atoms with van der Waals surface area (Å²) >= 11 is 0. The molecule has 4 nitrogen and oxygen atoms in total. The van der Waals surface area contributed by atoms with Gasteiger partial charge in [-0.25, -0.2) is 8.78 Å². The molecule has 1 aromatic rings. The Balaban J connectivity index is 0.00000220. The summed E-state index contributed by atoms with van der Waals surface area (Å²) in [6.07, 6.45) is 0.174. The molecule has 0 radical (unpaired) electrons. The molecule has 1 aliphatic heterocycles. The fraction of sp³-hybridized carbons (Fsp3) is 0.500. The van der Waals surface area contributed by atoms with Crippen LogP contribution in [0.25, 0.3) is 0 Å². The number of rotatable bonds is 4. The number of ether oxygens (including phenoxy) is 1. The molecule has 118 valence electrons. The Bertz CT molecular complexity index is 508. The molecule has 1 N–H and O–H groups in total. The molecular weight excluding hydrogens is 302 g/mol. The van der Waals surface area contributed by atoms with Crippen LogP contribution < -0.4 is 10.1 Å². The van der Waals surface area contributed by atoms with E-state index in [2.05, 4.69) is 5.32 Å². The first-order chi connectivity index (χ1) is 9.46. The van der Waals surface area contributed by atoms with E-state index < -0.39 is 17.4 Å². The number of hydrogen-bond donors (Lipinski definition) is 1. The van der Waals surface area contributed by atoms with Crippen molar-refractivity contribution in [2.24, 2.45) is 0 Å². The zero-order valence-electron chi connectivity index (χ0n) is 12.0. The van der Waals surface area contributed by atoms with E-state index in [1.165, 1.54) is 31.2 Å². The van der Waals surface area contributed by atoms with Crippen LogP contribution in [0.1, 0.15) is 12.0 Å². The van der Waals surface area contributed by atoms with Crippen molar-refractivity contribution < 1.29 is 18.3 Å².